The molecule has 0 bridgehead atoms. The van der Waals surface area contributed by atoms with Gasteiger partial charge in [-0.1, -0.05) is 13.8 Å². The summed E-state index contributed by atoms with van der Waals surface area (Å²) in [6.07, 6.45) is -9.14. The molecule has 0 heterocycles. The third-order valence-corrected chi connectivity index (χ3v) is 3.27. The van der Waals surface area contributed by atoms with Crippen molar-refractivity contribution in [2.24, 2.45) is 5.92 Å². The molecule has 0 fully saturated rings. The number of Topliss-reactive ketones (excluding diaryl/α,β-unsaturated/α-hetero) is 1. The van der Waals surface area contributed by atoms with Crippen LogP contribution in [0.1, 0.15) is 48.2 Å². The summed E-state index contributed by atoms with van der Waals surface area (Å²) in [6.45, 7) is 3.21. The van der Waals surface area contributed by atoms with Crippen LogP contribution in [0.15, 0.2) is 18.2 Å². The molecule has 0 aromatic heterocycles. The maximum atomic E-state index is 12.9. The Labute approximate surface area is 118 Å². The molecular formula is C14H14F6O. The average Bonchev–Trinajstić information content (AvgIpc) is 2.37. The van der Waals surface area contributed by atoms with Crippen molar-refractivity contribution in [2.75, 3.05) is 0 Å². The van der Waals surface area contributed by atoms with Gasteiger partial charge >= 0.3 is 12.4 Å². The number of halogens is 6. The molecule has 0 spiro atoms. The van der Waals surface area contributed by atoms with Crippen LogP contribution in [-0.2, 0) is 12.4 Å². The Morgan fingerprint density at radius 1 is 1.00 bits per heavy atom. The van der Waals surface area contributed by atoms with E-state index in [9.17, 15) is 31.1 Å². The quantitative estimate of drug-likeness (QED) is 0.541. The van der Waals surface area contributed by atoms with Crippen molar-refractivity contribution in [3.8, 4) is 0 Å². The predicted octanol–water partition coefficient (Wildman–Crippen LogP) is 5.34. The second kappa shape index (κ2) is 6.07. The average molecular weight is 312 g/mol. The van der Waals surface area contributed by atoms with E-state index in [1.54, 1.807) is 13.8 Å². The van der Waals surface area contributed by atoms with Crippen LogP contribution in [0.3, 0.4) is 0 Å². The Kier molecular flexibility index (Phi) is 5.07. The monoisotopic (exact) mass is 312 g/mol. The molecule has 1 aromatic rings. The zero-order valence-electron chi connectivity index (χ0n) is 11.4. The van der Waals surface area contributed by atoms with Gasteiger partial charge in [0.1, 0.15) is 0 Å². The van der Waals surface area contributed by atoms with Crippen LogP contribution < -0.4 is 0 Å². The molecule has 0 amide bonds. The molecule has 0 aliphatic rings. The van der Waals surface area contributed by atoms with Gasteiger partial charge in [-0.2, -0.15) is 26.3 Å². The summed E-state index contributed by atoms with van der Waals surface area (Å²) >= 11 is 0. The first kappa shape index (κ1) is 17.5. The number of carbonyl (C=O) groups excluding carboxylic acids is 1. The smallest absolute Gasteiger partial charge is 0.294 e. The van der Waals surface area contributed by atoms with Gasteiger partial charge in [0.15, 0.2) is 5.78 Å². The van der Waals surface area contributed by atoms with E-state index in [0.29, 0.717) is 18.2 Å². The van der Waals surface area contributed by atoms with Gasteiger partial charge in [-0.05, 0) is 31.0 Å². The number of hydrogen-bond donors (Lipinski definition) is 0. The Morgan fingerprint density at radius 2 is 1.52 bits per heavy atom. The Hall–Kier alpha value is -1.53. The van der Waals surface area contributed by atoms with E-state index in [4.69, 9.17) is 0 Å². The van der Waals surface area contributed by atoms with Crippen LogP contribution in [0.5, 0.6) is 0 Å². The molecule has 0 N–H and O–H groups in total. The van der Waals surface area contributed by atoms with Crippen LogP contribution in [0, 0.1) is 5.92 Å². The standard InChI is InChI=1S/C14H14F6O/c1-3-8(4-2)12(21)10-7-9(13(15,16)17)5-6-11(10)14(18,19)20/h5-8H,3-4H2,1-2H3. The van der Waals surface area contributed by atoms with Crippen LogP contribution >= 0.6 is 0 Å². The lowest BCUT2D eigenvalue weighted by atomic mass is 9.89. The van der Waals surface area contributed by atoms with Gasteiger partial charge in [0, 0.05) is 11.5 Å². The first-order valence-corrected chi connectivity index (χ1v) is 6.35. The van der Waals surface area contributed by atoms with Crippen LogP contribution in [0.2, 0.25) is 0 Å². The normalized spacial score (nSPS) is 12.8. The largest absolute Gasteiger partial charge is 0.417 e. The van der Waals surface area contributed by atoms with E-state index >= 15 is 0 Å². The maximum absolute atomic E-state index is 12.9. The predicted molar refractivity (Wildman–Crippen MR) is 64.8 cm³/mol. The lowest BCUT2D eigenvalue weighted by molar-refractivity contribution is -0.141. The molecule has 0 aliphatic heterocycles. The minimum atomic E-state index is -4.87. The summed E-state index contributed by atoms with van der Waals surface area (Å²) in [5.41, 5.74) is -3.50. The van der Waals surface area contributed by atoms with Crippen LogP contribution in [0.25, 0.3) is 0 Å². The van der Waals surface area contributed by atoms with Crippen molar-refractivity contribution in [2.45, 2.75) is 39.0 Å². The topological polar surface area (TPSA) is 17.1 Å². The zero-order valence-corrected chi connectivity index (χ0v) is 11.4. The molecule has 7 heteroatoms. The number of alkyl halides is 6. The van der Waals surface area contributed by atoms with E-state index in [0.717, 1.165) is 0 Å². The van der Waals surface area contributed by atoms with Crippen molar-refractivity contribution >= 4 is 5.78 Å². The highest BCUT2D eigenvalue weighted by Crippen LogP contribution is 2.37. The summed E-state index contributed by atoms with van der Waals surface area (Å²) in [5, 5.41) is 0. The molecule has 1 rings (SSSR count). The number of carbonyl (C=O) groups is 1. The Morgan fingerprint density at radius 3 is 1.90 bits per heavy atom. The van der Waals surface area contributed by atoms with Crippen LogP contribution in [0.4, 0.5) is 26.3 Å². The second-order valence-corrected chi connectivity index (χ2v) is 4.63. The van der Waals surface area contributed by atoms with Crippen molar-refractivity contribution in [3.05, 3.63) is 34.9 Å². The van der Waals surface area contributed by atoms with Crippen molar-refractivity contribution in [1.29, 1.82) is 0 Å². The van der Waals surface area contributed by atoms with Gasteiger partial charge in [0.05, 0.1) is 11.1 Å². The highest BCUT2D eigenvalue weighted by atomic mass is 19.4. The Balaban J connectivity index is 3.47. The minimum Gasteiger partial charge on any atom is -0.294 e. The fraction of sp³-hybridized carbons (Fsp3) is 0.500. The summed E-state index contributed by atoms with van der Waals surface area (Å²) in [4.78, 5) is 12.1. The molecule has 118 valence electrons. The highest BCUT2D eigenvalue weighted by molar-refractivity contribution is 5.99. The van der Waals surface area contributed by atoms with Gasteiger partial charge in [-0.15, -0.1) is 0 Å². The van der Waals surface area contributed by atoms with Gasteiger partial charge in [-0.25, -0.2) is 0 Å². The lowest BCUT2D eigenvalue weighted by Gasteiger charge is -2.18. The molecule has 21 heavy (non-hydrogen) atoms. The summed E-state index contributed by atoms with van der Waals surface area (Å²) < 4.78 is 76.5. The first-order chi connectivity index (χ1) is 9.52. The molecule has 0 atom stereocenters. The number of rotatable bonds is 4. The third-order valence-electron chi connectivity index (χ3n) is 3.27. The molecule has 1 nitrogen and oxygen atoms in total. The van der Waals surface area contributed by atoms with Gasteiger partial charge in [0.2, 0.25) is 0 Å². The molecule has 0 unspecified atom stereocenters. The van der Waals surface area contributed by atoms with Crippen LogP contribution in [-0.4, -0.2) is 5.78 Å². The number of hydrogen-bond acceptors (Lipinski definition) is 1. The lowest BCUT2D eigenvalue weighted by Crippen LogP contribution is -2.20. The van der Waals surface area contributed by atoms with Crippen molar-refractivity contribution in [3.63, 3.8) is 0 Å². The molecule has 0 radical (unpaired) electrons. The molecular weight excluding hydrogens is 298 g/mol. The zero-order chi connectivity index (χ0) is 16.4. The summed E-state index contributed by atoms with van der Waals surface area (Å²) in [7, 11) is 0. The van der Waals surface area contributed by atoms with E-state index in [1.165, 1.54) is 0 Å². The number of ketones is 1. The minimum absolute atomic E-state index is 0.267. The van der Waals surface area contributed by atoms with Gasteiger partial charge in [-0.3, -0.25) is 4.79 Å². The van der Waals surface area contributed by atoms with E-state index in [2.05, 4.69) is 0 Å². The van der Waals surface area contributed by atoms with Crippen molar-refractivity contribution in [1.82, 2.24) is 0 Å². The molecule has 1 aromatic carbocycles. The molecule has 0 saturated carbocycles. The van der Waals surface area contributed by atoms with Gasteiger partial charge < -0.3 is 0 Å². The van der Waals surface area contributed by atoms with Gasteiger partial charge in [0.25, 0.3) is 0 Å². The number of benzene rings is 1. The molecule has 0 aliphatic carbocycles. The van der Waals surface area contributed by atoms with Crippen molar-refractivity contribution < 1.29 is 31.1 Å². The Bertz CT molecular complexity index is 511. The SMILES string of the molecule is CCC(CC)C(=O)c1cc(C(F)(F)F)ccc1C(F)(F)F. The third kappa shape index (κ3) is 3.98. The molecule has 0 saturated heterocycles. The highest BCUT2D eigenvalue weighted by Gasteiger charge is 2.39. The van der Waals surface area contributed by atoms with E-state index in [1.807, 2.05) is 0 Å². The summed E-state index contributed by atoms with van der Waals surface area (Å²) in [5.74, 6) is -1.63. The van der Waals surface area contributed by atoms with E-state index < -0.39 is 40.7 Å². The fourth-order valence-electron chi connectivity index (χ4n) is 2.05. The fourth-order valence-corrected chi connectivity index (χ4v) is 2.05. The first-order valence-electron chi connectivity index (χ1n) is 6.35. The summed E-state index contributed by atoms with van der Waals surface area (Å²) in [6, 6.07) is 0.953. The van der Waals surface area contributed by atoms with E-state index in [-0.39, 0.29) is 12.8 Å². The maximum Gasteiger partial charge on any atom is 0.417 e. The second-order valence-electron chi connectivity index (χ2n) is 4.63.